The molecule has 0 radical (unpaired) electrons. The van der Waals surface area contributed by atoms with Gasteiger partial charge < -0.3 is 15.2 Å². The van der Waals surface area contributed by atoms with Gasteiger partial charge in [0.1, 0.15) is 16.4 Å². The third-order valence-electron chi connectivity index (χ3n) is 2.92. The zero-order valence-electron chi connectivity index (χ0n) is 12.3. The summed E-state index contributed by atoms with van der Waals surface area (Å²) in [7, 11) is 0. The SMILES string of the molecule is CCOC(=O)C(=CNc1cnc2c(F)c(Cl)c(F)cc2c1)C(=O)O. The van der Waals surface area contributed by atoms with E-state index in [9.17, 15) is 18.4 Å². The number of fused-ring (bicyclic) bond motifs is 1. The van der Waals surface area contributed by atoms with Crippen LogP contribution in [0.1, 0.15) is 6.92 Å². The summed E-state index contributed by atoms with van der Waals surface area (Å²) < 4.78 is 31.9. The Hall–Kier alpha value is -2.74. The summed E-state index contributed by atoms with van der Waals surface area (Å²) in [6.45, 7) is 1.55. The molecule has 0 atom stereocenters. The smallest absolute Gasteiger partial charge is 0.347 e. The topological polar surface area (TPSA) is 88.5 Å². The van der Waals surface area contributed by atoms with Gasteiger partial charge in [-0.15, -0.1) is 0 Å². The third-order valence-corrected chi connectivity index (χ3v) is 3.27. The van der Waals surface area contributed by atoms with Crippen molar-refractivity contribution in [3.63, 3.8) is 0 Å². The van der Waals surface area contributed by atoms with Gasteiger partial charge in [0, 0.05) is 11.6 Å². The van der Waals surface area contributed by atoms with Gasteiger partial charge in [0.25, 0.3) is 0 Å². The molecule has 126 valence electrons. The van der Waals surface area contributed by atoms with E-state index in [1.54, 1.807) is 0 Å². The van der Waals surface area contributed by atoms with Gasteiger partial charge in [0.15, 0.2) is 11.4 Å². The van der Waals surface area contributed by atoms with Gasteiger partial charge in [-0.3, -0.25) is 4.98 Å². The lowest BCUT2D eigenvalue weighted by atomic mass is 10.2. The molecule has 2 rings (SSSR count). The Morgan fingerprint density at radius 2 is 2.12 bits per heavy atom. The highest BCUT2D eigenvalue weighted by atomic mass is 35.5. The maximum Gasteiger partial charge on any atom is 0.347 e. The van der Waals surface area contributed by atoms with E-state index in [-0.39, 0.29) is 23.2 Å². The molecule has 9 heteroatoms. The molecule has 0 saturated carbocycles. The lowest BCUT2D eigenvalue weighted by molar-refractivity contribution is -0.143. The Morgan fingerprint density at radius 3 is 2.75 bits per heavy atom. The van der Waals surface area contributed by atoms with Crippen molar-refractivity contribution in [1.82, 2.24) is 4.98 Å². The van der Waals surface area contributed by atoms with E-state index in [0.29, 0.717) is 0 Å². The number of ether oxygens (including phenoxy) is 1. The second kappa shape index (κ2) is 7.22. The molecular weight excluding hydrogens is 346 g/mol. The molecule has 0 fully saturated rings. The molecule has 0 spiro atoms. The molecule has 1 heterocycles. The number of anilines is 1. The number of hydrogen-bond acceptors (Lipinski definition) is 5. The lowest BCUT2D eigenvalue weighted by Crippen LogP contribution is -2.16. The fourth-order valence-corrected chi connectivity index (χ4v) is 1.98. The molecule has 0 amide bonds. The first kappa shape index (κ1) is 17.6. The van der Waals surface area contributed by atoms with E-state index >= 15 is 0 Å². The zero-order chi connectivity index (χ0) is 17.9. The first-order valence-corrected chi connectivity index (χ1v) is 7.03. The predicted molar refractivity (Wildman–Crippen MR) is 82.6 cm³/mol. The number of pyridine rings is 1. The average molecular weight is 357 g/mol. The van der Waals surface area contributed by atoms with Gasteiger partial charge in [-0.2, -0.15) is 0 Å². The van der Waals surface area contributed by atoms with Crippen LogP contribution in [0.5, 0.6) is 0 Å². The normalized spacial score (nSPS) is 11.4. The van der Waals surface area contributed by atoms with Crippen LogP contribution in [0.3, 0.4) is 0 Å². The molecule has 1 aromatic heterocycles. The molecule has 0 unspecified atom stereocenters. The van der Waals surface area contributed by atoms with Crippen molar-refractivity contribution in [1.29, 1.82) is 0 Å². The Morgan fingerprint density at radius 1 is 1.42 bits per heavy atom. The summed E-state index contributed by atoms with van der Waals surface area (Å²) in [5, 5.41) is 11.0. The van der Waals surface area contributed by atoms with Crippen LogP contribution in [0, 0.1) is 11.6 Å². The number of carboxylic acids is 1. The Bertz CT molecular complexity index is 855. The second-order valence-electron chi connectivity index (χ2n) is 4.51. The van der Waals surface area contributed by atoms with Crippen LogP contribution in [0.2, 0.25) is 5.02 Å². The number of aliphatic carboxylic acids is 1. The van der Waals surface area contributed by atoms with E-state index in [1.165, 1.54) is 19.2 Å². The largest absolute Gasteiger partial charge is 0.477 e. The maximum absolute atomic E-state index is 13.8. The van der Waals surface area contributed by atoms with Crippen molar-refractivity contribution < 1.29 is 28.2 Å². The summed E-state index contributed by atoms with van der Waals surface area (Å²) in [5.41, 5.74) is -0.558. The number of rotatable bonds is 5. The Kier molecular flexibility index (Phi) is 5.30. The summed E-state index contributed by atoms with van der Waals surface area (Å²) in [4.78, 5) is 26.3. The minimum atomic E-state index is -1.49. The van der Waals surface area contributed by atoms with Crippen LogP contribution in [0.4, 0.5) is 14.5 Å². The zero-order valence-corrected chi connectivity index (χ0v) is 13.0. The number of hydrogen-bond donors (Lipinski definition) is 2. The van der Waals surface area contributed by atoms with Crippen LogP contribution >= 0.6 is 11.6 Å². The third kappa shape index (κ3) is 3.60. The highest BCUT2D eigenvalue weighted by molar-refractivity contribution is 6.31. The quantitative estimate of drug-likeness (QED) is 0.281. The number of halogens is 3. The van der Waals surface area contributed by atoms with Crippen LogP contribution in [0.15, 0.2) is 30.1 Å². The van der Waals surface area contributed by atoms with Crippen molar-refractivity contribution in [3.8, 4) is 0 Å². The maximum atomic E-state index is 13.8. The van der Waals surface area contributed by atoms with Crippen LogP contribution in [-0.2, 0) is 14.3 Å². The molecule has 0 aliphatic carbocycles. The van der Waals surface area contributed by atoms with Gasteiger partial charge in [0.2, 0.25) is 0 Å². The van der Waals surface area contributed by atoms with Gasteiger partial charge >= 0.3 is 11.9 Å². The van der Waals surface area contributed by atoms with Crippen molar-refractivity contribution >= 4 is 40.1 Å². The first-order valence-electron chi connectivity index (χ1n) is 6.65. The van der Waals surface area contributed by atoms with Crippen LogP contribution in [-0.4, -0.2) is 28.6 Å². The number of esters is 1. The number of carbonyl (C=O) groups is 2. The van der Waals surface area contributed by atoms with E-state index in [2.05, 4.69) is 15.0 Å². The number of carboxylic acid groups (broad SMARTS) is 1. The molecule has 0 aliphatic rings. The Balaban J connectivity index is 2.36. The fraction of sp³-hybridized carbons (Fsp3) is 0.133. The molecule has 0 saturated heterocycles. The number of benzene rings is 1. The monoisotopic (exact) mass is 356 g/mol. The van der Waals surface area contributed by atoms with Crippen LogP contribution < -0.4 is 5.32 Å². The van der Waals surface area contributed by atoms with Crippen molar-refractivity contribution in [2.75, 3.05) is 11.9 Å². The lowest BCUT2D eigenvalue weighted by Gasteiger charge is -2.07. The molecule has 2 aromatic rings. The second-order valence-corrected chi connectivity index (χ2v) is 4.89. The summed E-state index contributed by atoms with van der Waals surface area (Å²) >= 11 is 5.47. The van der Waals surface area contributed by atoms with E-state index < -0.39 is 34.2 Å². The molecule has 1 aromatic carbocycles. The first-order chi connectivity index (χ1) is 11.3. The van der Waals surface area contributed by atoms with Gasteiger partial charge in [0.05, 0.1) is 18.5 Å². The van der Waals surface area contributed by atoms with E-state index in [1.807, 2.05) is 0 Å². The van der Waals surface area contributed by atoms with Gasteiger partial charge in [-0.05, 0) is 19.1 Å². The molecule has 2 N–H and O–H groups in total. The minimum absolute atomic E-state index is 0.0142. The number of nitrogens with one attached hydrogen (secondary N) is 1. The number of carbonyl (C=O) groups excluding carboxylic acids is 1. The summed E-state index contributed by atoms with van der Waals surface area (Å²) in [5.74, 6) is -4.45. The fourth-order valence-electron chi connectivity index (χ4n) is 1.84. The summed E-state index contributed by atoms with van der Waals surface area (Å²) in [6, 6.07) is 2.32. The molecule has 6 nitrogen and oxygen atoms in total. The van der Waals surface area contributed by atoms with Crippen LogP contribution in [0.25, 0.3) is 10.9 Å². The number of nitrogens with zero attached hydrogens (tertiary/aromatic N) is 1. The standard InChI is InChI=1S/C15H11ClF2N2O4/c1-2-24-15(23)9(14(21)22)6-19-8-3-7-4-10(17)11(16)12(18)13(7)20-5-8/h3-6,19H,2H2,1H3,(H,21,22). The molecule has 0 bridgehead atoms. The van der Waals surface area contributed by atoms with Crippen molar-refractivity contribution in [2.45, 2.75) is 6.92 Å². The van der Waals surface area contributed by atoms with Gasteiger partial charge in [-0.1, -0.05) is 11.6 Å². The van der Waals surface area contributed by atoms with E-state index in [0.717, 1.165) is 12.3 Å². The Labute approximate surface area is 139 Å². The molecule has 0 aliphatic heterocycles. The molecule has 24 heavy (non-hydrogen) atoms. The minimum Gasteiger partial charge on any atom is -0.477 e. The highest BCUT2D eigenvalue weighted by Crippen LogP contribution is 2.27. The van der Waals surface area contributed by atoms with Crippen molar-refractivity contribution in [3.05, 3.63) is 46.8 Å². The van der Waals surface area contributed by atoms with E-state index in [4.69, 9.17) is 16.7 Å². The average Bonchev–Trinajstić information content (AvgIpc) is 2.52. The predicted octanol–water partition coefficient (Wildman–Crippen LogP) is 3.11. The summed E-state index contributed by atoms with van der Waals surface area (Å²) in [6.07, 6.45) is 2.09. The van der Waals surface area contributed by atoms with Gasteiger partial charge in [-0.25, -0.2) is 18.4 Å². The highest BCUT2D eigenvalue weighted by Gasteiger charge is 2.18. The van der Waals surface area contributed by atoms with Crippen molar-refractivity contribution in [2.24, 2.45) is 0 Å². The number of aromatic nitrogens is 1. The molecular formula is C15H11ClF2N2O4.